The Morgan fingerprint density at radius 2 is 1.68 bits per heavy atom. The monoisotopic (exact) mass is 286 g/mol. The first-order chi connectivity index (χ1) is 8.68. The third kappa shape index (κ3) is 2.47. The van der Waals surface area contributed by atoms with Crippen LogP contribution in [0.2, 0.25) is 5.02 Å². The maximum atomic E-state index is 14.0. The zero-order valence-corrected chi connectivity index (χ0v) is 12.5. The standard InChI is InChI=1S/C13H17BClFO3/c1-12(2)13(3,4)19-14(18-12)8-6-11(17-5)9(15)7-10(8)16/h6-7H,1-5H3. The Labute approximate surface area is 118 Å². The highest BCUT2D eigenvalue weighted by Gasteiger charge is 2.52. The van der Waals surface area contributed by atoms with Crippen molar-refractivity contribution in [3.63, 3.8) is 0 Å². The molecular formula is C13H17BClFO3. The number of benzene rings is 1. The maximum Gasteiger partial charge on any atom is 0.497 e. The van der Waals surface area contributed by atoms with E-state index in [9.17, 15) is 4.39 Å². The number of halogens is 2. The Kier molecular flexibility index (Phi) is 3.58. The van der Waals surface area contributed by atoms with Crippen molar-refractivity contribution in [3.8, 4) is 5.75 Å². The highest BCUT2D eigenvalue weighted by Crippen LogP contribution is 2.37. The average Bonchev–Trinajstić information content (AvgIpc) is 2.48. The molecule has 1 aromatic carbocycles. The van der Waals surface area contributed by atoms with Gasteiger partial charge in [0.1, 0.15) is 11.6 Å². The number of hydrogen-bond acceptors (Lipinski definition) is 3. The van der Waals surface area contributed by atoms with Gasteiger partial charge in [-0.25, -0.2) is 4.39 Å². The zero-order valence-electron chi connectivity index (χ0n) is 11.7. The minimum Gasteiger partial charge on any atom is -0.495 e. The fourth-order valence-electron chi connectivity index (χ4n) is 1.85. The zero-order chi connectivity index (χ0) is 14.4. The van der Waals surface area contributed by atoms with E-state index < -0.39 is 24.1 Å². The van der Waals surface area contributed by atoms with E-state index in [1.165, 1.54) is 19.2 Å². The average molecular weight is 287 g/mol. The highest BCUT2D eigenvalue weighted by molar-refractivity contribution is 6.62. The summed E-state index contributed by atoms with van der Waals surface area (Å²) in [6, 6.07) is 2.72. The topological polar surface area (TPSA) is 27.7 Å². The normalized spacial score (nSPS) is 20.7. The molecule has 1 aliphatic heterocycles. The molecule has 1 aromatic rings. The van der Waals surface area contributed by atoms with Crippen LogP contribution in [0.25, 0.3) is 0 Å². The Bertz CT molecular complexity index is 489. The van der Waals surface area contributed by atoms with E-state index in [4.69, 9.17) is 25.6 Å². The Morgan fingerprint density at radius 1 is 1.16 bits per heavy atom. The third-order valence-corrected chi connectivity index (χ3v) is 4.07. The van der Waals surface area contributed by atoms with Crippen LogP contribution in [-0.4, -0.2) is 25.4 Å². The lowest BCUT2D eigenvalue weighted by molar-refractivity contribution is 0.00578. The van der Waals surface area contributed by atoms with E-state index >= 15 is 0 Å². The van der Waals surface area contributed by atoms with Crippen LogP contribution in [0, 0.1) is 5.82 Å². The lowest BCUT2D eigenvalue weighted by Crippen LogP contribution is -2.41. The molecule has 1 heterocycles. The molecule has 2 rings (SSSR count). The van der Waals surface area contributed by atoms with Crippen LogP contribution in [0.4, 0.5) is 4.39 Å². The molecule has 1 saturated heterocycles. The first-order valence-electron chi connectivity index (χ1n) is 6.06. The molecule has 0 saturated carbocycles. The molecule has 0 atom stereocenters. The summed E-state index contributed by atoms with van der Waals surface area (Å²) in [5.74, 6) is -0.0721. The molecule has 0 unspecified atom stereocenters. The fourth-order valence-corrected chi connectivity index (χ4v) is 2.08. The third-order valence-electron chi connectivity index (χ3n) is 3.78. The van der Waals surface area contributed by atoms with Crippen LogP contribution in [0.3, 0.4) is 0 Å². The fraction of sp³-hybridized carbons (Fsp3) is 0.538. The Balaban J connectivity index is 2.39. The van der Waals surface area contributed by atoms with Gasteiger partial charge in [-0.2, -0.15) is 0 Å². The SMILES string of the molecule is COc1cc(B2OC(C)(C)C(C)(C)O2)c(F)cc1Cl. The van der Waals surface area contributed by atoms with Crippen LogP contribution >= 0.6 is 11.6 Å². The largest absolute Gasteiger partial charge is 0.497 e. The van der Waals surface area contributed by atoms with Gasteiger partial charge in [-0.3, -0.25) is 0 Å². The van der Waals surface area contributed by atoms with Gasteiger partial charge >= 0.3 is 7.12 Å². The Hall–Kier alpha value is -0.775. The molecule has 0 aromatic heterocycles. The van der Waals surface area contributed by atoms with Gasteiger partial charge in [0.2, 0.25) is 0 Å². The second-order valence-corrected chi connectivity index (χ2v) is 6.00. The predicted octanol–water partition coefficient (Wildman–Crippen LogP) is 2.79. The number of ether oxygens (including phenoxy) is 1. The maximum absolute atomic E-state index is 14.0. The summed E-state index contributed by atoms with van der Waals surface area (Å²) in [5, 5.41) is 0.222. The molecule has 0 bridgehead atoms. The van der Waals surface area contributed by atoms with Gasteiger partial charge in [0, 0.05) is 5.46 Å². The first kappa shape index (κ1) is 14.6. The van der Waals surface area contributed by atoms with Crippen LogP contribution in [0.15, 0.2) is 12.1 Å². The van der Waals surface area contributed by atoms with Crippen LogP contribution in [0.1, 0.15) is 27.7 Å². The smallest absolute Gasteiger partial charge is 0.495 e. The molecule has 0 radical (unpaired) electrons. The summed E-state index contributed by atoms with van der Waals surface area (Å²) < 4.78 is 30.7. The summed E-state index contributed by atoms with van der Waals surface area (Å²) in [5.41, 5.74) is -0.742. The van der Waals surface area contributed by atoms with Gasteiger partial charge in [0.25, 0.3) is 0 Å². The molecule has 3 nitrogen and oxygen atoms in total. The molecule has 6 heteroatoms. The van der Waals surface area contributed by atoms with E-state index in [1.807, 2.05) is 27.7 Å². The molecule has 1 fully saturated rings. The van der Waals surface area contributed by atoms with Crippen molar-refractivity contribution in [3.05, 3.63) is 23.0 Å². The number of methoxy groups -OCH3 is 1. The summed E-state index contributed by atoms with van der Waals surface area (Å²) in [6.45, 7) is 7.66. The van der Waals surface area contributed by atoms with Crippen molar-refractivity contribution in [2.75, 3.05) is 7.11 Å². The van der Waals surface area contributed by atoms with Crippen molar-refractivity contribution in [1.82, 2.24) is 0 Å². The molecule has 0 aliphatic carbocycles. The molecule has 104 valence electrons. The molecule has 19 heavy (non-hydrogen) atoms. The van der Waals surface area contributed by atoms with Crippen molar-refractivity contribution in [2.45, 2.75) is 38.9 Å². The molecule has 0 N–H and O–H groups in total. The Morgan fingerprint density at radius 3 is 2.16 bits per heavy atom. The summed E-state index contributed by atoms with van der Waals surface area (Å²) in [6.07, 6.45) is 0. The molecule has 0 spiro atoms. The van der Waals surface area contributed by atoms with Gasteiger partial charge in [-0.1, -0.05) is 11.6 Å². The van der Waals surface area contributed by atoms with Gasteiger partial charge < -0.3 is 14.0 Å². The lowest BCUT2D eigenvalue weighted by atomic mass is 9.78. The number of rotatable bonds is 2. The van der Waals surface area contributed by atoms with Gasteiger partial charge in [-0.05, 0) is 39.8 Å². The highest BCUT2D eigenvalue weighted by atomic mass is 35.5. The first-order valence-corrected chi connectivity index (χ1v) is 6.44. The lowest BCUT2D eigenvalue weighted by Gasteiger charge is -2.32. The quantitative estimate of drug-likeness (QED) is 0.783. The van der Waals surface area contributed by atoms with Crippen LogP contribution in [-0.2, 0) is 9.31 Å². The summed E-state index contributed by atoms with van der Waals surface area (Å²) in [4.78, 5) is 0. The van der Waals surface area contributed by atoms with Crippen molar-refractivity contribution in [1.29, 1.82) is 0 Å². The summed E-state index contributed by atoms with van der Waals surface area (Å²) in [7, 11) is 0.712. The molecular weight excluding hydrogens is 269 g/mol. The molecule has 1 aliphatic rings. The van der Waals surface area contributed by atoms with Gasteiger partial charge in [0.05, 0.1) is 23.3 Å². The second-order valence-electron chi connectivity index (χ2n) is 5.60. The summed E-state index contributed by atoms with van der Waals surface area (Å²) >= 11 is 5.87. The van der Waals surface area contributed by atoms with Crippen molar-refractivity contribution in [2.24, 2.45) is 0 Å². The van der Waals surface area contributed by atoms with E-state index in [-0.39, 0.29) is 5.02 Å². The van der Waals surface area contributed by atoms with Crippen molar-refractivity contribution >= 4 is 24.2 Å². The van der Waals surface area contributed by atoms with Crippen LogP contribution < -0.4 is 10.2 Å². The van der Waals surface area contributed by atoms with Gasteiger partial charge in [-0.15, -0.1) is 0 Å². The number of hydrogen-bond donors (Lipinski definition) is 0. The predicted molar refractivity (Wildman–Crippen MR) is 73.7 cm³/mol. The van der Waals surface area contributed by atoms with Gasteiger partial charge in [0.15, 0.2) is 0 Å². The second kappa shape index (κ2) is 4.65. The van der Waals surface area contributed by atoms with E-state index in [0.717, 1.165) is 0 Å². The van der Waals surface area contributed by atoms with E-state index in [1.54, 1.807) is 0 Å². The minimum absolute atomic E-state index is 0.222. The van der Waals surface area contributed by atoms with E-state index in [2.05, 4.69) is 0 Å². The van der Waals surface area contributed by atoms with Crippen molar-refractivity contribution < 1.29 is 18.4 Å². The van der Waals surface area contributed by atoms with Crippen LogP contribution in [0.5, 0.6) is 5.75 Å². The van der Waals surface area contributed by atoms with E-state index in [0.29, 0.717) is 11.2 Å². The minimum atomic E-state index is -0.767. The molecule has 0 amide bonds.